The summed E-state index contributed by atoms with van der Waals surface area (Å²) in [5.41, 5.74) is -0.198. The van der Waals surface area contributed by atoms with Crippen LogP contribution in [0.5, 0.6) is 0 Å². The van der Waals surface area contributed by atoms with E-state index in [1.54, 1.807) is 0 Å². The molecule has 0 aliphatic carbocycles. The summed E-state index contributed by atoms with van der Waals surface area (Å²) in [5, 5.41) is 3.64. The predicted molar refractivity (Wildman–Crippen MR) is 64.0 cm³/mol. The van der Waals surface area contributed by atoms with Crippen LogP contribution in [0, 0.1) is 11.6 Å². The van der Waals surface area contributed by atoms with Crippen molar-refractivity contribution in [1.82, 2.24) is 9.78 Å². The summed E-state index contributed by atoms with van der Waals surface area (Å²) in [6, 6.07) is 3.33. The van der Waals surface area contributed by atoms with Crippen LogP contribution in [-0.4, -0.2) is 9.78 Å². The molecule has 2 rings (SSSR count). The van der Waals surface area contributed by atoms with Crippen molar-refractivity contribution in [3.63, 3.8) is 0 Å². The van der Waals surface area contributed by atoms with Crippen molar-refractivity contribution in [1.29, 1.82) is 0 Å². The lowest BCUT2D eigenvalue weighted by Gasteiger charge is -2.06. The smallest absolute Gasteiger partial charge is 0.266 e. The fraction of sp³-hybridized carbons (Fsp3) is 0.0909. The molecule has 2 aromatic rings. The molecule has 0 radical (unpaired) electrons. The molecule has 0 bridgehead atoms. The molecule has 0 fully saturated rings. The summed E-state index contributed by atoms with van der Waals surface area (Å²) in [7, 11) is 0. The van der Waals surface area contributed by atoms with E-state index in [1.807, 2.05) is 0 Å². The highest BCUT2D eigenvalue weighted by Gasteiger charge is 2.09. The third-order valence-electron chi connectivity index (χ3n) is 2.26. The number of nitrogens with zero attached hydrogens (tertiary/aromatic N) is 2. The number of benzene rings is 1. The largest absolute Gasteiger partial charge is 0.287 e. The van der Waals surface area contributed by atoms with Gasteiger partial charge in [0.2, 0.25) is 0 Å². The van der Waals surface area contributed by atoms with Crippen molar-refractivity contribution in [3.05, 3.63) is 62.0 Å². The maximum Gasteiger partial charge on any atom is 0.287 e. The molecule has 0 aliphatic heterocycles. The highest BCUT2D eigenvalue weighted by molar-refractivity contribution is 6.41. The monoisotopic (exact) mass is 290 g/mol. The van der Waals surface area contributed by atoms with Crippen molar-refractivity contribution in [2.75, 3.05) is 0 Å². The van der Waals surface area contributed by atoms with Crippen LogP contribution >= 0.6 is 23.2 Å². The van der Waals surface area contributed by atoms with Gasteiger partial charge in [-0.3, -0.25) is 4.79 Å². The molecule has 0 amide bonds. The Balaban J connectivity index is 2.37. The molecule has 1 aromatic heterocycles. The third-order valence-corrected chi connectivity index (χ3v) is 3.01. The molecular weight excluding hydrogens is 285 g/mol. The standard InChI is InChI=1S/C11H6Cl2F2N2O/c12-7-4-16-17(11(18)10(7)13)5-6-1-2-8(14)9(15)3-6/h1-4H,5H2. The number of hydrogen-bond donors (Lipinski definition) is 0. The Morgan fingerprint density at radius 2 is 1.94 bits per heavy atom. The van der Waals surface area contributed by atoms with Gasteiger partial charge in [0.25, 0.3) is 5.56 Å². The van der Waals surface area contributed by atoms with Crippen molar-refractivity contribution in [2.24, 2.45) is 0 Å². The Bertz CT molecular complexity index is 658. The van der Waals surface area contributed by atoms with Crippen LogP contribution in [0.4, 0.5) is 8.78 Å². The van der Waals surface area contributed by atoms with Gasteiger partial charge < -0.3 is 0 Å². The highest BCUT2D eigenvalue weighted by atomic mass is 35.5. The van der Waals surface area contributed by atoms with Gasteiger partial charge in [0.1, 0.15) is 5.02 Å². The molecule has 3 nitrogen and oxygen atoms in total. The molecule has 0 atom stereocenters. The second kappa shape index (κ2) is 5.04. The fourth-order valence-corrected chi connectivity index (χ4v) is 1.64. The first-order chi connectivity index (χ1) is 8.49. The van der Waals surface area contributed by atoms with Crippen LogP contribution in [0.2, 0.25) is 10.0 Å². The van der Waals surface area contributed by atoms with E-state index in [2.05, 4.69) is 5.10 Å². The minimum atomic E-state index is -0.986. The molecule has 94 valence electrons. The van der Waals surface area contributed by atoms with E-state index in [9.17, 15) is 13.6 Å². The molecule has 18 heavy (non-hydrogen) atoms. The van der Waals surface area contributed by atoms with Gasteiger partial charge in [-0.1, -0.05) is 29.3 Å². The summed E-state index contributed by atoms with van der Waals surface area (Å²) in [6.07, 6.45) is 1.21. The van der Waals surface area contributed by atoms with Gasteiger partial charge in [0.05, 0.1) is 17.8 Å². The molecule has 0 aliphatic rings. The van der Waals surface area contributed by atoms with Gasteiger partial charge in [-0.05, 0) is 17.7 Å². The zero-order valence-electron chi connectivity index (χ0n) is 8.83. The Hall–Kier alpha value is -1.46. The lowest BCUT2D eigenvalue weighted by molar-refractivity contribution is 0.505. The van der Waals surface area contributed by atoms with E-state index in [1.165, 1.54) is 12.3 Å². The van der Waals surface area contributed by atoms with Gasteiger partial charge in [-0.2, -0.15) is 5.10 Å². The van der Waals surface area contributed by atoms with Crippen molar-refractivity contribution in [3.8, 4) is 0 Å². The minimum Gasteiger partial charge on any atom is -0.266 e. The Kier molecular flexibility index (Phi) is 3.63. The van der Waals surface area contributed by atoms with Gasteiger partial charge in [-0.15, -0.1) is 0 Å². The lowest BCUT2D eigenvalue weighted by Crippen LogP contribution is -2.23. The summed E-state index contributed by atoms with van der Waals surface area (Å²) in [4.78, 5) is 11.7. The summed E-state index contributed by atoms with van der Waals surface area (Å²) < 4.78 is 26.7. The van der Waals surface area contributed by atoms with Crippen LogP contribution in [0.25, 0.3) is 0 Å². The van der Waals surface area contributed by atoms with E-state index >= 15 is 0 Å². The van der Waals surface area contributed by atoms with E-state index < -0.39 is 17.2 Å². The molecule has 1 heterocycles. The molecule has 1 aromatic carbocycles. The van der Waals surface area contributed by atoms with Gasteiger partial charge in [0.15, 0.2) is 11.6 Å². The van der Waals surface area contributed by atoms with Gasteiger partial charge in [-0.25, -0.2) is 13.5 Å². The van der Waals surface area contributed by atoms with E-state index in [-0.39, 0.29) is 16.6 Å². The normalized spacial score (nSPS) is 10.7. The highest BCUT2D eigenvalue weighted by Crippen LogP contribution is 2.15. The average molecular weight is 291 g/mol. The second-order valence-electron chi connectivity index (χ2n) is 3.52. The minimum absolute atomic E-state index is 0.0209. The topological polar surface area (TPSA) is 34.9 Å². The number of halogens is 4. The van der Waals surface area contributed by atoms with E-state index in [0.29, 0.717) is 5.56 Å². The average Bonchev–Trinajstić information content (AvgIpc) is 2.34. The maximum atomic E-state index is 13.0. The molecule has 0 saturated carbocycles. The first-order valence-corrected chi connectivity index (χ1v) is 5.59. The predicted octanol–water partition coefficient (Wildman–Crippen LogP) is 2.88. The van der Waals surface area contributed by atoms with Crippen LogP contribution in [0.1, 0.15) is 5.56 Å². The molecule has 0 saturated heterocycles. The number of hydrogen-bond acceptors (Lipinski definition) is 2. The van der Waals surface area contributed by atoms with Gasteiger partial charge >= 0.3 is 0 Å². The molecule has 0 spiro atoms. The maximum absolute atomic E-state index is 13.0. The van der Waals surface area contributed by atoms with E-state index in [4.69, 9.17) is 23.2 Å². The summed E-state index contributed by atoms with van der Waals surface area (Å²) in [5.74, 6) is -1.94. The molecule has 7 heteroatoms. The van der Waals surface area contributed by atoms with Crippen molar-refractivity contribution >= 4 is 23.2 Å². The lowest BCUT2D eigenvalue weighted by atomic mass is 10.2. The SMILES string of the molecule is O=c1c(Cl)c(Cl)cnn1Cc1ccc(F)c(F)c1. The Morgan fingerprint density at radius 1 is 1.22 bits per heavy atom. The second-order valence-corrected chi connectivity index (χ2v) is 4.30. The number of aromatic nitrogens is 2. The summed E-state index contributed by atoms with van der Waals surface area (Å²) in [6.45, 7) is -0.0209. The zero-order valence-corrected chi connectivity index (χ0v) is 10.3. The van der Waals surface area contributed by atoms with Gasteiger partial charge in [0, 0.05) is 0 Å². The quantitative estimate of drug-likeness (QED) is 0.852. The third kappa shape index (κ3) is 2.52. The molecule has 0 unspecified atom stereocenters. The Labute approximate surface area is 111 Å². The van der Waals surface area contributed by atoms with Crippen LogP contribution in [0.3, 0.4) is 0 Å². The Morgan fingerprint density at radius 3 is 2.61 bits per heavy atom. The zero-order chi connectivity index (χ0) is 13.3. The first-order valence-electron chi connectivity index (χ1n) is 4.84. The van der Waals surface area contributed by atoms with Crippen LogP contribution in [0.15, 0.2) is 29.2 Å². The number of rotatable bonds is 2. The van der Waals surface area contributed by atoms with Crippen LogP contribution < -0.4 is 5.56 Å². The molecule has 0 N–H and O–H groups in total. The first kappa shape index (κ1) is 13.0. The molecular formula is C11H6Cl2F2N2O. The summed E-state index contributed by atoms with van der Waals surface area (Å²) >= 11 is 11.3. The van der Waals surface area contributed by atoms with Crippen molar-refractivity contribution in [2.45, 2.75) is 6.54 Å². The fourth-order valence-electron chi connectivity index (χ4n) is 1.37. The van der Waals surface area contributed by atoms with E-state index in [0.717, 1.165) is 16.8 Å². The van der Waals surface area contributed by atoms with Crippen molar-refractivity contribution < 1.29 is 8.78 Å². The van der Waals surface area contributed by atoms with Crippen LogP contribution in [-0.2, 0) is 6.54 Å².